The third kappa shape index (κ3) is 4.66. The molecule has 0 bridgehead atoms. The Morgan fingerprint density at radius 3 is 2.65 bits per heavy atom. The molecule has 9 heteroatoms. The van der Waals surface area contributed by atoms with Crippen molar-refractivity contribution in [3.63, 3.8) is 0 Å². The first-order chi connectivity index (χ1) is 10.7. The fourth-order valence-corrected chi connectivity index (χ4v) is 3.57. The number of amides is 4. The molecule has 4 amide bonds. The largest absolute Gasteiger partial charge is 0.341 e. The molecule has 0 aromatic carbocycles. The van der Waals surface area contributed by atoms with Crippen molar-refractivity contribution < 1.29 is 22.8 Å². The minimum atomic E-state index is -3.21. The van der Waals surface area contributed by atoms with Gasteiger partial charge in [0.25, 0.3) is 5.91 Å². The number of hydrogen-bond donors (Lipinski definition) is 1. The van der Waals surface area contributed by atoms with E-state index in [1.165, 1.54) is 0 Å². The van der Waals surface area contributed by atoms with Crippen molar-refractivity contribution in [2.45, 2.75) is 32.2 Å². The molecule has 0 radical (unpaired) electrons. The van der Waals surface area contributed by atoms with E-state index in [1.807, 2.05) is 0 Å². The molecule has 2 saturated heterocycles. The smallest absolute Gasteiger partial charge is 0.325 e. The van der Waals surface area contributed by atoms with Gasteiger partial charge in [0, 0.05) is 19.3 Å². The summed E-state index contributed by atoms with van der Waals surface area (Å²) in [5, 5.41) is 2.45. The van der Waals surface area contributed by atoms with E-state index in [1.54, 1.807) is 4.90 Å². The molecule has 2 fully saturated rings. The number of carbonyl (C=O) groups excluding carboxylic acids is 3. The second-order valence-corrected chi connectivity index (χ2v) is 8.69. The summed E-state index contributed by atoms with van der Waals surface area (Å²) in [5.74, 6) is -0.547. The first-order valence-electron chi connectivity index (χ1n) is 7.75. The van der Waals surface area contributed by atoms with E-state index in [9.17, 15) is 22.8 Å². The monoisotopic (exact) mass is 345 g/mol. The fraction of sp³-hybridized carbons (Fsp3) is 0.786. The van der Waals surface area contributed by atoms with E-state index < -0.39 is 27.8 Å². The summed E-state index contributed by atoms with van der Waals surface area (Å²) in [6.07, 6.45) is 3.09. The summed E-state index contributed by atoms with van der Waals surface area (Å²) in [7, 11) is -3.21. The van der Waals surface area contributed by atoms with Crippen LogP contribution >= 0.6 is 0 Å². The molecule has 130 valence electrons. The van der Waals surface area contributed by atoms with Crippen LogP contribution in [-0.4, -0.2) is 73.7 Å². The zero-order valence-corrected chi connectivity index (χ0v) is 14.3. The fourth-order valence-electron chi connectivity index (χ4n) is 2.91. The maximum absolute atomic E-state index is 12.3. The Hall–Kier alpha value is -1.64. The van der Waals surface area contributed by atoms with Crippen LogP contribution in [0.4, 0.5) is 4.79 Å². The first-order valence-corrected chi connectivity index (χ1v) is 9.81. The number of sulfone groups is 1. The van der Waals surface area contributed by atoms with Crippen LogP contribution in [0.5, 0.6) is 0 Å². The highest BCUT2D eigenvalue weighted by Crippen LogP contribution is 2.17. The highest BCUT2D eigenvalue weighted by molar-refractivity contribution is 7.90. The molecule has 0 saturated carbocycles. The van der Waals surface area contributed by atoms with Gasteiger partial charge >= 0.3 is 6.03 Å². The molecule has 2 aliphatic heterocycles. The van der Waals surface area contributed by atoms with E-state index in [-0.39, 0.29) is 24.6 Å². The van der Waals surface area contributed by atoms with Crippen molar-refractivity contribution >= 4 is 27.7 Å². The van der Waals surface area contributed by atoms with E-state index in [2.05, 4.69) is 12.2 Å². The molecular weight excluding hydrogens is 322 g/mol. The van der Waals surface area contributed by atoms with E-state index in [4.69, 9.17) is 0 Å². The third-order valence-corrected chi connectivity index (χ3v) is 5.16. The second-order valence-electron chi connectivity index (χ2n) is 6.43. The summed E-state index contributed by atoms with van der Waals surface area (Å²) in [5.41, 5.74) is 0. The number of nitrogens with one attached hydrogen (secondary N) is 1. The number of urea groups is 1. The Bertz CT molecular complexity index is 604. The lowest BCUT2D eigenvalue weighted by molar-refractivity contribution is -0.138. The zero-order valence-electron chi connectivity index (χ0n) is 13.4. The Kier molecular flexibility index (Phi) is 5.28. The SMILES string of the molecule is C[C@@H]1CCCN(C(=O)CN2C(=O)N[C@@H](CCS(C)(=O)=O)C2=O)C1. The Morgan fingerprint density at radius 2 is 2.04 bits per heavy atom. The van der Waals surface area contributed by atoms with Gasteiger partial charge in [-0.1, -0.05) is 6.92 Å². The van der Waals surface area contributed by atoms with E-state index in [0.717, 1.165) is 24.0 Å². The lowest BCUT2D eigenvalue weighted by Crippen LogP contribution is -2.46. The number of hydrogen-bond acceptors (Lipinski definition) is 5. The number of rotatable bonds is 5. The van der Waals surface area contributed by atoms with Gasteiger partial charge in [-0.25, -0.2) is 13.2 Å². The van der Waals surface area contributed by atoms with Crippen molar-refractivity contribution in [3.05, 3.63) is 0 Å². The van der Waals surface area contributed by atoms with Crippen LogP contribution in [0.2, 0.25) is 0 Å². The minimum absolute atomic E-state index is 0.0227. The molecule has 0 aromatic rings. The van der Waals surface area contributed by atoms with Crippen LogP contribution in [0.15, 0.2) is 0 Å². The van der Waals surface area contributed by atoms with Gasteiger partial charge in [0.2, 0.25) is 5.91 Å². The highest BCUT2D eigenvalue weighted by atomic mass is 32.2. The van der Waals surface area contributed by atoms with Crippen molar-refractivity contribution in [3.8, 4) is 0 Å². The van der Waals surface area contributed by atoms with Gasteiger partial charge in [0.05, 0.1) is 5.75 Å². The van der Waals surface area contributed by atoms with Crippen LogP contribution in [0, 0.1) is 5.92 Å². The number of piperidine rings is 1. The molecule has 8 nitrogen and oxygen atoms in total. The standard InChI is InChI=1S/C14H23N3O5S/c1-10-4-3-6-16(8-10)12(18)9-17-13(19)11(15-14(17)20)5-7-23(2,21)22/h10-11H,3-9H2,1-2H3,(H,15,20)/t10-,11+/m1/s1. The van der Waals surface area contributed by atoms with Gasteiger partial charge in [-0.15, -0.1) is 0 Å². The van der Waals surface area contributed by atoms with Crippen molar-refractivity contribution in [2.24, 2.45) is 5.92 Å². The number of imide groups is 1. The molecule has 0 unspecified atom stereocenters. The predicted octanol–water partition coefficient (Wildman–Crippen LogP) is -0.400. The molecule has 2 aliphatic rings. The number of likely N-dealkylation sites (tertiary alicyclic amines) is 1. The first kappa shape index (κ1) is 17.7. The van der Waals surface area contributed by atoms with Gasteiger partial charge in [-0.2, -0.15) is 0 Å². The average molecular weight is 345 g/mol. The van der Waals surface area contributed by atoms with Crippen molar-refractivity contribution in [1.29, 1.82) is 0 Å². The molecule has 2 rings (SSSR count). The molecule has 2 atom stereocenters. The summed E-state index contributed by atoms with van der Waals surface area (Å²) < 4.78 is 22.3. The van der Waals surface area contributed by atoms with Crippen LogP contribution in [0.25, 0.3) is 0 Å². The Labute approximate surface area is 136 Å². The maximum Gasteiger partial charge on any atom is 0.325 e. The lowest BCUT2D eigenvalue weighted by atomic mass is 10.0. The van der Waals surface area contributed by atoms with Gasteiger partial charge in [-0.05, 0) is 25.2 Å². The third-order valence-electron chi connectivity index (χ3n) is 4.19. The molecule has 0 spiro atoms. The normalized spacial score (nSPS) is 25.7. The maximum atomic E-state index is 12.3. The quantitative estimate of drug-likeness (QED) is 0.683. The average Bonchev–Trinajstić information content (AvgIpc) is 2.72. The Balaban J connectivity index is 1.93. The summed E-state index contributed by atoms with van der Waals surface area (Å²) in [6, 6.07) is -1.50. The predicted molar refractivity (Wildman–Crippen MR) is 83.3 cm³/mol. The van der Waals surface area contributed by atoms with E-state index in [0.29, 0.717) is 19.0 Å². The zero-order chi connectivity index (χ0) is 17.2. The highest BCUT2D eigenvalue weighted by Gasteiger charge is 2.39. The van der Waals surface area contributed by atoms with Crippen molar-refractivity contribution in [1.82, 2.24) is 15.1 Å². The van der Waals surface area contributed by atoms with Crippen LogP contribution in [0.3, 0.4) is 0 Å². The summed E-state index contributed by atoms with van der Waals surface area (Å²) in [6.45, 7) is 3.06. The molecule has 23 heavy (non-hydrogen) atoms. The second kappa shape index (κ2) is 6.86. The van der Waals surface area contributed by atoms with Crippen LogP contribution in [0.1, 0.15) is 26.2 Å². The minimum Gasteiger partial charge on any atom is -0.341 e. The number of nitrogens with zero attached hydrogens (tertiary/aromatic N) is 2. The molecule has 1 N–H and O–H groups in total. The lowest BCUT2D eigenvalue weighted by Gasteiger charge is -2.31. The summed E-state index contributed by atoms with van der Waals surface area (Å²) in [4.78, 5) is 38.9. The number of carbonyl (C=O) groups is 3. The molecule has 2 heterocycles. The molecular formula is C14H23N3O5S. The van der Waals surface area contributed by atoms with Gasteiger partial charge in [0.1, 0.15) is 22.4 Å². The molecule has 0 aliphatic carbocycles. The van der Waals surface area contributed by atoms with Crippen LogP contribution in [-0.2, 0) is 19.4 Å². The van der Waals surface area contributed by atoms with Crippen molar-refractivity contribution in [2.75, 3.05) is 31.6 Å². The molecule has 0 aromatic heterocycles. The van der Waals surface area contributed by atoms with Gasteiger partial charge in [0.15, 0.2) is 0 Å². The van der Waals surface area contributed by atoms with Gasteiger partial charge in [-0.3, -0.25) is 14.5 Å². The van der Waals surface area contributed by atoms with Gasteiger partial charge < -0.3 is 10.2 Å². The Morgan fingerprint density at radius 1 is 1.35 bits per heavy atom. The topological polar surface area (TPSA) is 104 Å². The van der Waals surface area contributed by atoms with E-state index >= 15 is 0 Å². The van der Waals surface area contributed by atoms with Crippen LogP contribution < -0.4 is 5.32 Å². The summed E-state index contributed by atoms with van der Waals surface area (Å²) >= 11 is 0.